The van der Waals surface area contributed by atoms with Crippen LogP contribution in [0.2, 0.25) is 0 Å². The summed E-state index contributed by atoms with van der Waals surface area (Å²) in [5.41, 5.74) is 2.28. The summed E-state index contributed by atoms with van der Waals surface area (Å²) >= 11 is 1.25. The topological polar surface area (TPSA) is 80.9 Å². The van der Waals surface area contributed by atoms with Crippen LogP contribution in [0.1, 0.15) is 12.3 Å². The van der Waals surface area contributed by atoms with Gasteiger partial charge in [0.25, 0.3) is 0 Å². The number of anilines is 1. The van der Waals surface area contributed by atoms with Crippen molar-refractivity contribution >= 4 is 22.4 Å². The molecule has 0 saturated heterocycles. The van der Waals surface area contributed by atoms with E-state index in [2.05, 4.69) is 20.5 Å². The number of oxazole rings is 1. The largest absolute Gasteiger partial charge is 0.441 e. The molecule has 0 unspecified atom stereocenters. The van der Waals surface area contributed by atoms with Crippen molar-refractivity contribution in [2.24, 2.45) is 0 Å². The monoisotopic (exact) mass is 318 g/mol. The molecule has 0 spiro atoms. The van der Waals surface area contributed by atoms with Gasteiger partial charge in [-0.3, -0.25) is 4.79 Å². The Labute approximate surface area is 129 Å². The van der Waals surface area contributed by atoms with Crippen molar-refractivity contribution in [3.05, 3.63) is 47.7 Å². The highest BCUT2D eigenvalue weighted by atomic mass is 32.1. The molecule has 0 atom stereocenters. The SMILES string of the molecule is O=C(CCc1ncc(-c2ccc(F)cc2)o1)Nc1nncs1. The smallest absolute Gasteiger partial charge is 0.226 e. The lowest BCUT2D eigenvalue weighted by atomic mass is 10.2. The third kappa shape index (κ3) is 3.53. The highest BCUT2D eigenvalue weighted by Gasteiger charge is 2.10. The summed E-state index contributed by atoms with van der Waals surface area (Å²) in [5.74, 6) is 0.501. The quantitative estimate of drug-likeness (QED) is 0.782. The van der Waals surface area contributed by atoms with Crippen molar-refractivity contribution in [2.75, 3.05) is 5.32 Å². The number of benzene rings is 1. The minimum Gasteiger partial charge on any atom is -0.441 e. The molecule has 0 fully saturated rings. The van der Waals surface area contributed by atoms with E-state index >= 15 is 0 Å². The third-order valence-electron chi connectivity index (χ3n) is 2.85. The molecule has 22 heavy (non-hydrogen) atoms. The molecule has 112 valence electrons. The maximum atomic E-state index is 12.9. The first kappa shape index (κ1) is 14.3. The fourth-order valence-corrected chi connectivity index (χ4v) is 2.26. The van der Waals surface area contributed by atoms with Gasteiger partial charge in [0.05, 0.1) is 6.20 Å². The van der Waals surface area contributed by atoms with Gasteiger partial charge in [-0.05, 0) is 24.3 Å². The number of hydrogen-bond donors (Lipinski definition) is 1. The Morgan fingerprint density at radius 3 is 2.86 bits per heavy atom. The molecule has 8 heteroatoms. The predicted molar refractivity (Wildman–Crippen MR) is 78.8 cm³/mol. The van der Waals surface area contributed by atoms with Crippen LogP contribution in [-0.2, 0) is 11.2 Å². The molecule has 0 aliphatic carbocycles. The first-order valence-electron chi connectivity index (χ1n) is 6.47. The molecule has 0 radical (unpaired) electrons. The van der Waals surface area contributed by atoms with Crippen LogP contribution in [0.25, 0.3) is 11.3 Å². The van der Waals surface area contributed by atoms with Crippen LogP contribution in [0.4, 0.5) is 9.52 Å². The second-order valence-electron chi connectivity index (χ2n) is 4.42. The molecule has 0 aliphatic heterocycles. The zero-order valence-electron chi connectivity index (χ0n) is 11.3. The van der Waals surface area contributed by atoms with Gasteiger partial charge in [-0.1, -0.05) is 11.3 Å². The van der Waals surface area contributed by atoms with E-state index in [1.165, 1.54) is 23.5 Å². The van der Waals surface area contributed by atoms with Gasteiger partial charge in [0.15, 0.2) is 11.7 Å². The van der Waals surface area contributed by atoms with Gasteiger partial charge in [-0.2, -0.15) is 0 Å². The second-order valence-corrected chi connectivity index (χ2v) is 5.25. The van der Waals surface area contributed by atoms with Crippen molar-refractivity contribution in [3.8, 4) is 11.3 Å². The highest BCUT2D eigenvalue weighted by Crippen LogP contribution is 2.21. The van der Waals surface area contributed by atoms with E-state index in [1.54, 1.807) is 23.8 Å². The Kier molecular flexibility index (Phi) is 4.19. The zero-order valence-corrected chi connectivity index (χ0v) is 12.1. The second kappa shape index (κ2) is 6.44. The molecule has 0 saturated carbocycles. The Hall–Kier alpha value is -2.61. The lowest BCUT2D eigenvalue weighted by Gasteiger charge is -1.99. The van der Waals surface area contributed by atoms with Crippen LogP contribution >= 0.6 is 11.3 Å². The number of carbonyl (C=O) groups excluding carboxylic acids is 1. The maximum absolute atomic E-state index is 12.9. The van der Waals surface area contributed by atoms with Crippen molar-refractivity contribution in [1.29, 1.82) is 0 Å². The number of aromatic nitrogens is 3. The van der Waals surface area contributed by atoms with E-state index in [-0.39, 0.29) is 18.1 Å². The molecule has 0 aliphatic rings. The third-order valence-corrected chi connectivity index (χ3v) is 3.46. The molecule has 1 amide bonds. The molecule has 2 aromatic heterocycles. The molecule has 1 aromatic carbocycles. The Morgan fingerprint density at radius 2 is 2.14 bits per heavy atom. The first-order valence-corrected chi connectivity index (χ1v) is 7.35. The van der Waals surface area contributed by atoms with Crippen molar-refractivity contribution < 1.29 is 13.6 Å². The van der Waals surface area contributed by atoms with E-state index in [4.69, 9.17) is 4.42 Å². The summed E-state index contributed by atoms with van der Waals surface area (Å²) in [4.78, 5) is 15.8. The number of nitrogens with zero attached hydrogens (tertiary/aromatic N) is 3. The summed E-state index contributed by atoms with van der Waals surface area (Å²) in [7, 11) is 0. The maximum Gasteiger partial charge on any atom is 0.226 e. The molecular formula is C14H11FN4O2S. The van der Waals surface area contributed by atoms with Crippen molar-refractivity contribution in [3.63, 3.8) is 0 Å². The van der Waals surface area contributed by atoms with E-state index < -0.39 is 0 Å². The number of hydrogen-bond acceptors (Lipinski definition) is 6. The highest BCUT2D eigenvalue weighted by molar-refractivity contribution is 7.13. The van der Waals surface area contributed by atoms with E-state index in [0.29, 0.717) is 23.2 Å². The van der Waals surface area contributed by atoms with E-state index in [9.17, 15) is 9.18 Å². The molecule has 6 nitrogen and oxygen atoms in total. The number of nitrogens with one attached hydrogen (secondary N) is 1. The Bertz CT molecular complexity index is 756. The predicted octanol–water partition coefficient (Wildman–Crippen LogP) is 2.90. The number of amides is 1. The molecule has 2 heterocycles. The van der Waals surface area contributed by atoms with E-state index in [1.807, 2.05) is 0 Å². The van der Waals surface area contributed by atoms with E-state index in [0.717, 1.165) is 5.56 Å². The van der Waals surface area contributed by atoms with Crippen LogP contribution in [0.5, 0.6) is 0 Å². The standard InChI is InChI=1S/C14H11FN4O2S/c15-10-3-1-9(2-4-10)11-7-16-13(21-11)6-5-12(20)18-14-19-17-8-22-14/h1-4,7-8H,5-6H2,(H,18,19,20). The number of rotatable bonds is 5. The van der Waals surface area contributed by atoms with Gasteiger partial charge in [0, 0.05) is 18.4 Å². The fraction of sp³-hybridized carbons (Fsp3) is 0.143. The van der Waals surface area contributed by atoms with Crippen molar-refractivity contribution in [2.45, 2.75) is 12.8 Å². The van der Waals surface area contributed by atoms with Crippen LogP contribution in [-0.4, -0.2) is 21.1 Å². The summed E-state index contributed by atoms with van der Waals surface area (Å²) in [6.45, 7) is 0. The van der Waals surface area contributed by atoms with Gasteiger partial charge in [-0.25, -0.2) is 9.37 Å². The van der Waals surface area contributed by atoms with Crippen molar-refractivity contribution in [1.82, 2.24) is 15.2 Å². The Balaban J connectivity index is 1.57. The van der Waals surface area contributed by atoms with Gasteiger partial charge < -0.3 is 9.73 Å². The molecule has 3 aromatic rings. The minimum absolute atomic E-state index is 0.182. The average Bonchev–Trinajstić information content (AvgIpc) is 3.17. The summed E-state index contributed by atoms with van der Waals surface area (Å²) in [6.07, 6.45) is 2.15. The normalized spacial score (nSPS) is 10.6. The van der Waals surface area contributed by atoms with Crippen LogP contribution < -0.4 is 5.32 Å². The fourth-order valence-electron chi connectivity index (χ4n) is 1.80. The summed E-state index contributed by atoms with van der Waals surface area (Å²) < 4.78 is 18.4. The Morgan fingerprint density at radius 1 is 1.32 bits per heavy atom. The van der Waals surface area contributed by atoms with Gasteiger partial charge in [0.1, 0.15) is 11.3 Å². The molecule has 0 bridgehead atoms. The summed E-state index contributed by atoms with van der Waals surface area (Å²) in [5, 5.41) is 10.5. The number of aryl methyl sites for hydroxylation is 1. The number of carbonyl (C=O) groups is 1. The molecular weight excluding hydrogens is 307 g/mol. The summed E-state index contributed by atoms with van der Waals surface area (Å²) in [6, 6.07) is 5.93. The van der Waals surface area contributed by atoms with Crippen LogP contribution in [0.15, 0.2) is 40.4 Å². The van der Waals surface area contributed by atoms with Gasteiger partial charge >= 0.3 is 0 Å². The molecule has 3 rings (SSSR count). The first-order chi connectivity index (χ1) is 10.7. The van der Waals surface area contributed by atoms with Gasteiger partial charge in [0.2, 0.25) is 11.0 Å². The van der Waals surface area contributed by atoms with Gasteiger partial charge in [-0.15, -0.1) is 10.2 Å². The van der Waals surface area contributed by atoms with Crippen LogP contribution in [0.3, 0.4) is 0 Å². The zero-order chi connectivity index (χ0) is 15.4. The lowest BCUT2D eigenvalue weighted by Crippen LogP contribution is -2.12. The lowest BCUT2D eigenvalue weighted by molar-refractivity contribution is -0.116. The number of halogens is 1. The average molecular weight is 318 g/mol. The minimum atomic E-state index is -0.308. The van der Waals surface area contributed by atoms with Crippen LogP contribution in [0, 0.1) is 5.82 Å². The molecule has 1 N–H and O–H groups in total.